The zero-order valence-electron chi connectivity index (χ0n) is 15.8. The fourth-order valence-electron chi connectivity index (χ4n) is 2.64. The van der Waals surface area contributed by atoms with Gasteiger partial charge in [-0.3, -0.25) is 9.48 Å². The molecule has 0 saturated heterocycles. The van der Waals surface area contributed by atoms with Crippen LogP contribution in [-0.4, -0.2) is 39.7 Å². The van der Waals surface area contributed by atoms with Gasteiger partial charge in [-0.2, -0.15) is 5.10 Å². The Balaban J connectivity index is 1.60. The van der Waals surface area contributed by atoms with Crippen LogP contribution in [0.25, 0.3) is 0 Å². The standard InChI is InChI=1S/C19H22N4O4/c1-13-14(10-23(3)21-13)9-22(2)19(24)17-11-27-18(20-17)12-26-16-7-5-6-15(8-16)25-4/h5-8,10-11H,9,12H2,1-4H3. The third-order valence-electron chi connectivity index (χ3n) is 4.04. The minimum absolute atomic E-state index is 0.117. The molecule has 0 saturated carbocycles. The molecule has 0 aliphatic rings. The van der Waals surface area contributed by atoms with Gasteiger partial charge in [0.05, 0.1) is 12.8 Å². The maximum Gasteiger partial charge on any atom is 0.275 e. The quantitative estimate of drug-likeness (QED) is 0.636. The fraction of sp³-hybridized carbons (Fsp3) is 0.316. The first-order valence-electron chi connectivity index (χ1n) is 8.42. The van der Waals surface area contributed by atoms with Crippen LogP contribution in [0.5, 0.6) is 11.5 Å². The molecule has 1 aromatic carbocycles. The van der Waals surface area contributed by atoms with Crippen LogP contribution in [0.15, 0.2) is 41.1 Å². The average molecular weight is 370 g/mol. The summed E-state index contributed by atoms with van der Waals surface area (Å²) in [4.78, 5) is 18.4. The molecule has 0 aliphatic heterocycles. The van der Waals surface area contributed by atoms with Crippen LogP contribution in [0, 0.1) is 6.92 Å². The summed E-state index contributed by atoms with van der Waals surface area (Å²) in [5.41, 5.74) is 2.12. The summed E-state index contributed by atoms with van der Waals surface area (Å²) in [5.74, 6) is 1.43. The highest BCUT2D eigenvalue weighted by molar-refractivity contribution is 5.91. The van der Waals surface area contributed by atoms with E-state index >= 15 is 0 Å². The maximum absolute atomic E-state index is 12.6. The molecule has 0 bridgehead atoms. The lowest BCUT2D eigenvalue weighted by Crippen LogP contribution is -2.26. The van der Waals surface area contributed by atoms with Crippen LogP contribution in [0.4, 0.5) is 0 Å². The molecule has 1 amide bonds. The molecule has 8 heteroatoms. The molecule has 142 valence electrons. The van der Waals surface area contributed by atoms with E-state index in [4.69, 9.17) is 13.9 Å². The smallest absolute Gasteiger partial charge is 0.275 e. The van der Waals surface area contributed by atoms with Crippen LogP contribution in [0.3, 0.4) is 0 Å². The van der Waals surface area contributed by atoms with E-state index in [2.05, 4.69) is 10.1 Å². The second-order valence-electron chi connectivity index (χ2n) is 6.17. The summed E-state index contributed by atoms with van der Waals surface area (Å²) in [5, 5.41) is 4.28. The maximum atomic E-state index is 12.6. The molecule has 0 aliphatic carbocycles. The van der Waals surface area contributed by atoms with E-state index in [9.17, 15) is 4.79 Å². The fourth-order valence-corrected chi connectivity index (χ4v) is 2.64. The highest BCUT2D eigenvalue weighted by atomic mass is 16.5. The average Bonchev–Trinajstić information content (AvgIpc) is 3.25. The van der Waals surface area contributed by atoms with Gasteiger partial charge in [-0.05, 0) is 19.1 Å². The van der Waals surface area contributed by atoms with Gasteiger partial charge in [0, 0.05) is 38.5 Å². The van der Waals surface area contributed by atoms with E-state index in [1.54, 1.807) is 29.8 Å². The van der Waals surface area contributed by atoms with Crippen LogP contribution >= 0.6 is 0 Å². The summed E-state index contributed by atoms with van der Waals surface area (Å²) >= 11 is 0. The number of methoxy groups -OCH3 is 1. The highest BCUT2D eigenvalue weighted by Gasteiger charge is 2.18. The molecule has 0 atom stereocenters. The Morgan fingerprint density at radius 1 is 1.33 bits per heavy atom. The Bertz CT molecular complexity index is 931. The first kappa shape index (κ1) is 18.5. The molecule has 0 unspecified atom stereocenters. The predicted molar refractivity (Wildman–Crippen MR) is 97.6 cm³/mol. The van der Waals surface area contributed by atoms with Crippen LogP contribution in [0.2, 0.25) is 0 Å². The van der Waals surface area contributed by atoms with Gasteiger partial charge < -0.3 is 18.8 Å². The van der Waals surface area contributed by atoms with E-state index in [0.717, 1.165) is 11.3 Å². The number of hydrogen-bond acceptors (Lipinski definition) is 6. The molecule has 2 heterocycles. The van der Waals surface area contributed by atoms with E-state index < -0.39 is 0 Å². The number of hydrogen-bond donors (Lipinski definition) is 0. The van der Waals surface area contributed by atoms with Crippen molar-refractivity contribution in [3.63, 3.8) is 0 Å². The van der Waals surface area contributed by atoms with Gasteiger partial charge in [-0.25, -0.2) is 4.98 Å². The van der Waals surface area contributed by atoms with Crippen LogP contribution in [-0.2, 0) is 20.2 Å². The molecule has 8 nitrogen and oxygen atoms in total. The lowest BCUT2D eigenvalue weighted by Gasteiger charge is -2.14. The molecule has 3 aromatic rings. The molecule has 0 radical (unpaired) electrons. The summed E-state index contributed by atoms with van der Waals surface area (Å²) in [6.07, 6.45) is 3.24. The van der Waals surface area contributed by atoms with E-state index in [1.807, 2.05) is 38.4 Å². The van der Waals surface area contributed by atoms with Crippen molar-refractivity contribution in [2.45, 2.75) is 20.1 Å². The zero-order chi connectivity index (χ0) is 19.4. The summed E-state index contributed by atoms with van der Waals surface area (Å²) < 4.78 is 17.9. The van der Waals surface area contributed by atoms with Gasteiger partial charge >= 0.3 is 0 Å². The number of rotatable bonds is 7. The van der Waals surface area contributed by atoms with Crippen molar-refractivity contribution in [2.24, 2.45) is 7.05 Å². The number of aryl methyl sites for hydroxylation is 2. The molecular weight excluding hydrogens is 348 g/mol. The largest absolute Gasteiger partial charge is 0.497 e. The second-order valence-corrected chi connectivity index (χ2v) is 6.17. The van der Waals surface area contributed by atoms with Gasteiger partial charge in [-0.1, -0.05) is 6.07 Å². The monoisotopic (exact) mass is 370 g/mol. The van der Waals surface area contributed by atoms with Gasteiger partial charge in [-0.15, -0.1) is 0 Å². The van der Waals surface area contributed by atoms with Crippen LogP contribution in [0.1, 0.15) is 27.6 Å². The first-order valence-corrected chi connectivity index (χ1v) is 8.42. The molecular formula is C19H22N4O4. The number of benzene rings is 1. The molecule has 3 rings (SSSR count). The third kappa shape index (κ3) is 4.46. The van der Waals surface area contributed by atoms with Gasteiger partial charge in [0.1, 0.15) is 17.8 Å². The van der Waals surface area contributed by atoms with Crippen LogP contribution < -0.4 is 9.47 Å². The summed E-state index contributed by atoms with van der Waals surface area (Å²) in [6.45, 7) is 2.48. The number of nitrogens with zero attached hydrogens (tertiary/aromatic N) is 4. The van der Waals surface area contributed by atoms with Crippen molar-refractivity contribution >= 4 is 5.91 Å². The topological polar surface area (TPSA) is 82.6 Å². The van der Waals surface area contributed by atoms with E-state index in [-0.39, 0.29) is 18.2 Å². The van der Waals surface area contributed by atoms with Gasteiger partial charge in [0.2, 0.25) is 5.89 Å². The number of carbonyl (C=O) groups excluding carboxylic acids is 1. The molecule has 27 heavy (non-hydrogen) atoms. The van der Waals surface area contributed by atoms with E-state index in [1.165, 1.54) is 6.26 Å². The summed E-state index contributed by atoms with van der Waals surface area (Å²) in [7, 11) is 5.16. The van der Waals surface area contributed by atoms with Crippen molar-refractivity contribution in [1.29, 1.82) is 0 Å². The van der Waals surface area contributed by atoms with Crippen molar-refractivity contribution in [1.82, 2.24) is 19.7 Å². The van der Waals surface area contributed by atoms with Crippen molar-refractivity contribution in [3.05, 3.63) is 59.6 Å². The molecule has 0 N–H and O–H groups in total. The third-order valence-corrected chi connectivity index (χ3v) is 4.04. The number of amides is 1. The molecule has 0 fully saturated rings. The number of aromatic nitrogens is 3. The Hall–Kier alpha value is -3.29. The number of carbonyl (C=O) groups is 1. The van der Waals surface area contributed by atoms with Crippen molar-refractivity contribution < 1.29 is 18.7 Å². The van der Waals surface area contributed by atoms with Gasteiger partial charge in [0.15, 0.2) is 12.3 Å². The van der Waals surface area contributed by atoms with Crippen molar-refractivity contribution in [2.75, 3.05) is 14.2 Å². The Morgan fingerprint density at radius 3 is 2.81 bits per heavy atom. The minimum Gasteiger partial charge on any atom is -0.497 e. The summed E-state index contributed by atoms with van der Waals surface area (Å²) in [6, 6.07) is 7.23. The zero-order valence-corrected chi connectivity index (χ0v) is 15.8. The predicted octanol–water partition coefficient (Wildman–Crippen LogP) is 2.58. The molecule has 0 spiro atoms. The lowest BCUT2D eigenvalue weighted by atomic mass is 10.2. The van der Waals surface area contributed by atoms with Crippen molar-refractivity contribution in [3.8, 4) is 11.5 Å². The van der Waals surface area contributed by atoms with E-state index in [0.29, 0.717) is 23.9 Å². The normalized spacial score (nSPS) is 10.7. The Kier molecular flexibility index (Phi) is 5.44. The Morgan fingerprint density at radius 2 is 2.11 bits per heavy atom. The Labute approximate surface area is 157 Å². The lowest BCUT2D eigenvalue weighted by molar-refractivity contribution is 0.0779. The number of oxazole rings is 1. The second kappa shape index (κ2) is 7.94. The first-order chi connectivity index (χ1) is 13.0. The van der Waals surface area contributed by atoms with Gasteiger partial charge in [0.25, 0.3) is 5.91 Å². The molecule has 2 aromatic heterocycles. The minimum atomic E-state index is -0.227. The highest BCUT2D eigenvalue weighted by Crippen LogP contribution is 2.20. The number of ether oxygens (including phenoxy) is 2. The SMILES string of the molecule is COc1cccc(OCc2nc(C(=O)N(C)Cc3cn(C)nc3C)co2)c1.